The molecule has 0 bridgehead atoms. The maximum atomic E-state index is 4.88. The van der Waals surface area contributed by atoms with Crippen LogP contribution in [0.5, 0.6) is 0 Å². The number of nitrogens with zero attached hydrogens (tertiary/aromatic N) is 6. The first-order valence-electron chi connectivity index (χ1n) is 9.89. The molecule has 0 saturated heterocycles. The fraction of sp³-hybridized carbons (Fsp3) is 0.684. The second-order valence-electron chi connectivity index (χ2n) is 7.18. The normalized spacial score (nSPS) is 14.2. The van der Waals surface area contributed by atoms with E-state index in [2.05, 4.69) is 33.7 Å². The number of aromatic nitrogens is 4. The zero-order chi connectivity index (χ0) is 19.9. The fourth-order valence-corrected chi connectivity index (χ4v) is 4.86. The van der Waals surface area contributed by atoms with Gasteiger partial charge in [-0.05, 0) is 51.0 Å². The van der Waals surface area contributed by atoms with E-state index in [-0.39, 0.29) is 0 Å². The van der Waals surface area contributed by atoms with Crippen LogP contribution in [0.2, 0.25) is 0 Å². The van der Waals surface area contributed by atoms with Crippen molar-refractivity contribution in [3.63, 3.8) is 0 Å². The van der Waals surface area contributed by atoms with E-state index in [1.54, 1.807) is 0 Å². The third kappa shape index (κ3) is 5.47. The van der Waals surface area contributed by atoms with Crippen molar-refractivity contribution in [2.24, 2.45) is 12.0 Å². The van der Waals surface area contributed by atoms with Crippen LogP contribution in [-0.4, -0.2) is 56.2 Å². The molecule has 2 heterocycles. The number of hydrogen-bond donors (Lipinski definition) is 1. The molecule has 1 aliphatic carbocycles. The molecule has 1 N–H and O–H groups in total. The van der Waals surface area contributed by atoms with Crippen LogP contribution in [0.4, 0.5) is 0 Å². The molecule has 0 saturated carbocycles. The molecule has 0 atom stereocenters. The Morgan fingerprint density at radius 3 is 2.86 bits per heavy atom. The number of hydrogen-bond acceptors (Lipinski definition) is 6. The van der Waals surface area contributed by atoms with E-state index in [0.717, 1.165) is 49.3 Å². The van der Waals surface area contributed by atoms with Crippen molar-refractivity contribution < 1.29 is 0 Å². The van der Waals surface area contributed by atoms with Gasteiger partial charge >= 0.3 is 0 Å². The van der Waals surface area contributed by atoms with Gasteiger partial charge in [0.15, 0.2) is 11.8 Å². The number of rotatable bonds is 8. The summed E-state index contributed by atoms with van der Waals surface area (Å²) in [5.41, 5.74) is 1.32. The standard InChI is InChI=1S/C19H31N7S2/c1-14-23-24-17(26(14)3)12-21-19(20-10-7-11-27-4)25(2)13-18-22-15-8-5-6-9-16(15)28-18/h5-13H2,1-4H3,(H,20,21). The van der Waals surface area contributed by atoms with E-state index in [1.807, 2.05) is 41.6 Å². The summed E-state index contributed by atoms with van der Waals surface area (Å²) in [6, 6.07) is 0. The number of thiazole rings is 1. The highest BCUT2D eigenvalue weighted by Crippen LogP contribution is 2.27. The number of aryl methyl sites for hydroxylation is 3. The van der Waals surface area contributed by atoms with Crippen LogP contribution in [-0.2, 0) is 33.0 Å². The van der Waals surface area contributed by atoms with Crippen LogP contribution in [0.15, 0.2) is 4.99 Å². The summed E-state index contributed by atoms with van der Waals surface area (Å²) < 4.78 is 1.99. The topological polar surface area (TPSA) is 71.2 Å². The number of nitrogens with one attached hydrogen (secondary N) is 1. The zero-order valence-corrected chi connectivity index (χ0v) is 19.0. The minimum absolute atomic E-state index is 0.515. The third-order valence-electron chi connectivity index (χ3n) is 4.99. The van der Waals surface area contributed by atoms with Crippen molar-refractivity contribution in [2.75, 3.05) is 25.6 Å². The molecule has 3 rings (SSSR count). The van der Waals surface area contributed by atoms with Gasteiger partial charge < -0.3 is 14.8 Å². The molecule has 0 fully saturated rings. The molecule has 154 valence electrons. The molecule has 7 nitrogen and oxygen atoms in total. The van der Waals surface area contributed by atoms with Crippen molar-refractivity contribution in [3.05, 3.63) is 27.2 Å². The van der Waals surface area contributed by atoms with Crippen molar-refractivity contribution in [1.29, 1.82) is 0 Å². The molecular formula is C19H31N7S2. The highest BCUT2D eigenvalue weighted by atomic mass is 32.2. The van der Waals surface area contributed by atoms with Crippen molar-refractivity contribution in [2.45, 2.75) is 52.1 Å². The van der Waals surface area contributed by atoms with E-state index < -0.39 is 0 Å². The van der Waals surface area contributed by atoms with Gasteiger partial charge in [-0.1, -0.05) is 0 Å². The molecule has 28 heavy (non-hydrogen) atoms. The largest absolute Gasteiger partial charge is 0.356 e. The lowest BCUT2D eigenvalue weighted by Crippen LogP contribution is -2.39. The Hall–Kier alpha value is -1.61. The monoisotopic (exact) mass is 421 g/mol. The number of aliphatic imine (C=N–C) groups is 1. The predicted octanol–water partition coefficient (Wildman–Crippen LogP) is 2.79. The van der Waals surface area contributed by atoms with E-state index >= 15 is 0 Å². The van der Waals surface area contributed by atoms with Crippen LogP contribution in [0, 0.1) is 6.92 Å². The Morgan fingerprint density at radius 2 is 2.14 bits per heavy atom. The predicted molar refractivity (Wildman–Crippen MR) is 118 cm³/mol. The fourth-order valence-electron chi connectivity index (χ4n) is 3.21. The van der Waals surface area contributed by atoms with Crippen LogP contribution < -0.4 is 5.32 Å². The van der Waals surface area contributed by atoms with Crippen molar-refractivity contribution in [3.8, 4) is 0 Å². The van der Waals surface area contributed by atoms with Gasteiger partial charge in [-0.25, -0.2) is 9.98 Å². The van der Waals surface area contributed by atoms with Gasteiger partial charge in [0.2, 0.25) is 0 Å². The highest BCUT2D eigenvalue weighted by molar-refractivity contribution is 7.98. The molecule has 1 aliphatic rings. The lowest BCUT2D eigenvalue weighted by molar-refractivity contribution is 0.472. The van der Waals surface area contributed by atoms with Crippen LogP contribution in [0.25, 0.3) is 0 Å². The average Bonchev–Trinajstić information content (AvgIpc) is 3.24. The second-order valence-corrected chi connectivity index (χ2v) is 9.33. The smallest absolute Gasteiger partial charge is 0.194 e. The molecular weight excluding hydrogens is 390 g/mol. The van der Waals surface area contributed by atoms with Gasteiger partial charge in [-0.15, -0.1) is 21.5 Å². The molecule has 2 aromatic rings. The molecule has 9 heteroatoms. The maximum absolute atomic E-state index is 4.88. The Morgan fingerprint density at radius 1 is 1.32 bits per heavy atom. The number of fused-ring (bicyclic) bond motifs is 1. The number of guanidine groups is 1. The van der Waals surface area contributed by atoms with Gasteiger partial charge in [0.25, 0.3) is 0 Å². The summed E-state index contributed by atoms with van der Waals surface area (Å²) in [5, 5.41) is 13.1. The summed E-state index contributed by atoms with van der Waals surface area (Å²) in [5.74, 6) is 3.82. The summed E-state index contributed by atoms with van der Waals surface area (Å²) in [4.78, 5) is 13.4. The van der Waals surface area contributed by atoms with Crippen molar-refractivity contribution in [1.82, 2.24) is 30.0 Å². The highest BCUT2D eigenvalue weighted by Gasteiger charge is 2.17. The first-order chi connectivity index (χ1) is 13.6. The van der Waals surface area contributed by atoms with Crippen molar-refractivity contribution >= 4 is 29.1 Å². The van der Waals surface area contributed by atoms with E-state index in [1.165, 1.54) is 34.8 Å². The average molecular weight is 422 g/mol. The summed E-state index contributed by atoms with van der Waals surface area (Å²) in [7, 11) is 4.07. The molecule has 0 spiro atoms. The first kappa shape index (κ1) is 21.1. The van der Waals surface area contributed by atoms with Gasteiger partial charge in [0, 0.05) is 25.5 Å². The summed E-state index contributed by atoms with van der Waals surface area (Å²) >= 11 is 3.74. The molecule has 0 radical (unpaired) electrons. The van der Waals surface area contributed by atoms with E-state index in [0.29, 0.717) is 6.54 Å². The first-order valence-corrected chi connectivity index (χ1v) is 12.1. The van der Waals surface area contributed by atoms with Gasteiger partial charge in [-0.2, -0.15) is 11.8 Å². The van der Waals surface area contributed by atoms with E-state index in [4.69, 9.17) is 9.98 Å². The molecule has 0 aliphatic heterocycles. The molecule has 0 unspecified atom stereocenters. The molecule has 0 amide bonds. The second kappa shape index (κ2) is 10.2. The molecule has 2 aromatic heterocycles. The Bertz CT molecular complexity index is 773. The van der Waals surface area contributed by atoms with Gasteiger partial charge in [-0.3, -0.25) is 0 Å². The Labute approximate surface area is 176 Å². The number of thioether (sulfide) groups is 1. The minimum Gasteiger partial charge on any atom is -0.356 e. The summed E-state index contributed by atoms with van der Waals surface area (Å²) in [6.45, 7) is 4.17. The quantitative estimate of drug-likeness (QED) is 0.401. The van der Waals surface area contributed by atoms with E-state index in [9.17, 15) is 0 Å². The van der Waals surface area contributed by atoms with Gasteiger partial charge in [0.05, 0.1) is 12.2 Å². The Balaban J connectivity index is 1.68. The summed E-state index contributed by atoms with van der Waals surface area (Å²) in [6.07, 6.45) is 8.15. The SMILES string of the molecule is CSCCCNC(=NCc1nnc(C)n1C)N(C)Cc1nc2c(s1)CCCC2. The van der Waals surface area contributed by atoms with Gasteiger partial charge in [0.1, 0.15) is 17.4 Å². The maximum Gasteiger partial charge on any atom is 0.194 e. The lowest BCUT2D eigenvalue weighted by Gasteiger charge is -2.21. The minimum atomic E-state index is 0.515. The van der Waals surface area contributed by atoms with Crippen LogP contribution >= 0.6 is 23.1 Å². The van der Waals surface area contributed by atoms with Crippen LogP contribution in [0.3, 0.4) is 0 Å². The third-order valence-corrected chi connectivity index (χ3v) is 6.82. The Kier molecular flexibility index (Phi) is 7.73. The lowest BCUT2D eigenvalue weighted by atomic mass is 10.0. The van der Waals surface area contributed by atoms with Crippen LogP contribution in [0.1, 0.15) is 46.5 Å². The molecule has 0 aromatic carbocycles. The zero-order valence-electron chi connectivity index (χ0n) is 17.4.